The Morgan fingerprint density at radius 3 is 2.81 bits per heavy atom. The average molecular weight is 288 g/mol. The number of imidazole rings is 1. The van der Waals surface area contributed by atoms with E-state index in [1.54, 1.807) is 30.7 Å². The maximum Gasteiger partial charge on any atom is 0.161 e. The lowest BCUT2D eigenvalue weighted by Gasteiger charge is -2.13. The Morgan fingerprint density at radius 2 is 2.10 bits per heavy atom. The van der Waals surface area contributed by atoms with Crippen molar-refractivity contribution in [2.24, 2.45) is 0 Å². The third kappa shape index (κ3) is 3.84. The molecule has 0 aliphatic carbocycles. The second-order valence-corrected chi connectivity index (χ2v) is 4.62. The minimum atomic E-state index is 0.417. The van der Waals surface area contributed by atoms with Gasteiger partial charge in [0.25, 0.3) is 0 Å². The van der Waals surface area contributed by atoms with Gasteiger partial charge in [0.2, 0.25) is 0 Å². The molecule has 0 aliphatic heterocycles. The van der Waals surface area contributed by atoms with Crippen LogP contribution in [-0.2, 0) is 13.2 Å². The monoisotopic (exact) mass is 288 g/mol. The molecule has 5 heteroatoms. The third-order valence-corrected chi connectivity index (χ3v) is 3.04. The number of benzene rings is 1. The van der Waals surface area contributed by atoms with Crippen LogP contribution in [0.1, 0.15) is 36.3 Å². The molecule has 0 atom stereocenters. The van der Waals surface area contributed by atoms with Crippen molar-refractivity contribution >= 4 is 6.29 Å². The molecule has 0 fully saturated rings. The van der Waals surface area contributed by atoms with E-state index in [0.29, 0.717) is 30.3 Å². The minimum absolute atomic E-state index is 0.417. The van der Waals surface area contributed by atoms with Crippen LogP contribution in [0, 0.1) is 0 Å². The first kappa shape index (κ1) is 15.1. The average Bonchev–Trinajstić information content (AvgIpc) is 2.94. The maximum absolute atomic E-state index is 10.8. The zero-order valence-corrected chi connectivity index (χ0v) is 12.4. The van der Waals surface area contributed by atoms with Gasteiger partial charge in [-0.3, -0.25) is 4.79 Å². The zero-order chi connectivity index (χ0) is 15.1. The number of nitrogens with zero attached hydrogens (tertiary/aromatic N) is 2. The van der Waals surface area contributed by atoms with Gasteiger partial charge in [0.1, 0.15) is 12.9 Å². The fourth-order valence-electron chi connectivity index (χ4n) is 2.05. The van der Waals surface area contributed by atoms with Gasteiger partial charge >= 0.3 is 0 Å². The lowest BCUT2D eigenvalue weighted by molar-refractivity contribution is 0.112. The molecule has 0 aliphatic rings. The van der Waals surface area contributed by atoms with Crippen LogP contribution in [0.5, 0.6) is 11.5 Å². The number of carbonyl (C=O) groups excluding carboxylic acids is 1. The lowest BCUT2D eigenvalue weighted by Crippen LogP contribution is -2.06. The highest BCUT2D eigenvalue weighted by molar-refractivity contribution is 5.76. The first-order valence-corrected chi connectivity index (χ1v) is 7.12. The van der Waals surface area contributed by atoms with E-state index < -0.39 is 0 Å². The maximum atomic E-state index is 10.8. The Labute approximate surface area is 124 Å². The summed E-state index contributed by atoms with van der Waals surface area (Å²) in [5, 5.41) is 0. The van der Waals surface area contributed by atoms with Gasteiger partial charge in [-0.25, -0.2) is 4.98 Å². The van der Waals surface area contributed by atoms with Gasteiger partial charge in [0.05, 0.1) is 24.8 Å². The molecule has 1 aromatic carbocycles. The minimum Gasteiger partial charge on any atom is -0.490 e. The van der Waals surface area contributed by atoms with E-state index in [2.05, 4.69) is 16.5 Å². The van der Waals surface area contributed by atoms with Gasteiger partial charge in [-0.2, -0.15) is 0 Å². The zero-order valence-electron chi connectivity index (χ0n) is 12.4. The molecular formula is C16H20N2O3. The molecule has 112 valence electrons. The van der Waals surface area contributed by atoms with Crippen molar-refractivity contribution in [1.82, 2.24) is 9.55 Å². The van der Waals surface area contributed by atoms with Gasteiger partial charge in [-0.1, -0.05) is 6.92 Å². The van der Waals surface area contributed by atoms with Crippen LogP contribution in [-0.4, -0.2) is 22.4 Å². The van der Waals surface area contributed by atoms with E-state index >= 15 is 0 Å². The molecule has 0 bridgehead atoms. The highest BCUT2D eigenvalue weighted by Gasteiger charge is 2.08. The second kappa shape index (κ2) is 7.47. The largest absolute Gasteiger partial charge is 0.490 e. The predicted octanol–water partition coefficient (Wildman–Crippen LogP) is 3.08. The SMILES string of the molecule is CCCn1cncc1COc1ccc(C=O)cc1OCC. The molecular weight excluding hydrogens is 268 g/mol. The molecule has 0 saturated carbocycles. The van der Waals surface area contributed by atoms with Gasteiger partial charge in [-0.15, -0.1) is 0 Å². The summed E-state index contributed by atoms with van der Waals surface area (Å²) in [7, 11) is 0. The molecule has 2 rings (SSSR count). The normalized spacial score (nSPS) is 10.4. The molecule has 0 spiro atoms. The Bertz CT molecular complexity index is 593. The highest BCUT2D eigenvalue weighted by Crippen LogP contribution is 2.28. The Morgan fingerprint density at radius 1 is 1.24 bits per heavy atom. The number of carbonyl (C=O) groups is 1. The number of ether oxygens (including phenoxy) is 2. The molecule has 0 unspecified atom stereocenters. The number of aryl methyl sites for hydroxylation is 1. The van der Waals surface area contributed by atoms with Gasteiger partial charge < -0.3 is 14.0 Å². The Kier molecular flexibility index (Phi) is 5.37. The summed E-state index contributed by atoms with van der Waals surface area (Å²) in [6, 6.07) is 5.17. The van der Waals surface area contributed by atoms with Gasteiger partial charge in [-0.05, 0) is 31.5 Å². The van der Waals surface area contributed by atoms with Crippen LogP contribution in [0.25, 0.3) is 0 Å². The standard InChI is InChI=1S/C16H20N2O3/c1-3-7-18-12-17-9-14(18)11-21-15-6-5-13(10-19)8-16(15)20-4-2/h5-6,8-10,12H,3-4,7,11H2,1-2H3. The van der Waals surface area contributed by atoms with Crippen LogP contribution in [0.3, 0.4) is 0 Å². The van der Waals surface area contributed by atoms with Gasteiger partial charge in [0, 0.05) is 12.1 Å². The van der Waals surface area contributed by atoms with Crippen molar-refractivity contribution in [3.8, 4) is 11.5 Å². The molecule has 5 nitrogen and oxygen atoms in total. The number of aldehydes is 1. The summed E-state index contributed by atoms with van der Waals surface area (Å²) in [5.41, 5.74) is 1.58. The highest BCUT2D eigenvalue weighted by atomic mass is 16.5. The fourth-order valence-corrected chi connectivity index (χ4v) is 2.05. The topological polar surface area (TPSA) is 53.4 Å². The summed E-state index contributed by atoms with van der Waals surface area (Å²) < 4.78 is 13.4. The Hall–Kier alpha value is -2.30. The number of hydrogen-bond acceptors (Lipinski definition) is 4. The van der Waals surface area contributed by atoms with Crippen molar-refractivity contribution in [1.29, 1.82) is 0 Å². The van der Waals surface area contributed by atoms with Crippen LogP contribution < -0.4 is 9.47 Å². The van der Waals surface area contributed by atoms with E-state index in [4.69, 9.17) is 9.47 Å². The van der Waals surface area contributed by atoms with E-state index in [1.165, 1.54) is 0 Å². The van der Waals surface area contributed by atoms with Crippen LogP contribution >= 0.6 is 0 Å². The van der Waals surface area contributed by atoms with Crippen molar-refractivity contribution in [2.75, 3.05) is 6.61 Å². The smallest absolute Gasteiger partial charge is 0.161 e. The summed E-state index contributed by atoms with van der Waals surface area (Å²) in [6.45, 7) is 5.87. The van der Waals surface area contributed by atoms with E-state index in [9.17, 15) is 4.79 Å². The molecule has 21 heavy (non-hydrogen) atoms. The van der Waals surface area contributed by atoms with Crippen molar-refractivity contribution in [3.05, 3.63) is 42.0 Å². The summed E-state index contributed by atoms with van der Waals surface area (Å²) >= 11 is 0. The van der Waals surface area contributed by atoms with Crippen LogP contribution in [0.4, 0.5) is 0 Å². The van der Waals surface area contributed by atoms with Crippen molar-refractivity contribution < 1.29 is 14.3 Å². The molecule has 0 amide bonds. The van der Waals surface area contributed by atoms with Crippen LogP contribution in [0.2, 0.25) is 0 Å². The first-order valence-electron chi connectivity index (χ1n) is 7.12. The fraction of sp³-hybridized carbons (Fsp3) is 0.375. The Balaban J connectivity index is 2.11. The molecule has 1 heterocycles. The van der Waals surface area contributed by atoms with Gasteiger partial charge in [0.15, 0.2) is 11.5 Å². The summed E-state index contributed by atoms with van der Waals surface area (Å²) in [4.78, 5) is 15.0. The molecule has 1 aromatic heterocycles. The summed E-state index contributed by atoms with van der Waals surface area (Å²) in [6.07, 6.45) is 5.45. The summed E-state index contributed by atoms with van der Waals surface area (Å²) in [5.74, 6) is 1.22. The quantitative estimate of drug-likeness (QED) is 0.700. The number of hydrogen-bond donors (Lipinski definition) is 0. The van der Waals surface area contributed by atoms with E-state index in [0.717, 1.165) is 24.9 Å². The second-order valence-electron chi connectivity index (χ2n) is 4.62. The van der Waals surface area contributed by atoms with E-state index in [-0.39, 0.29) is 0 Å². The number of aromatic nitrogens is 2. The number of rotatable bonds is 8. The van der Waals surface area contributed by atoms with Crippen LogP contribution in [0.15, 0.2) is 30.7 Å². The first-order chi connectivity index (χ1) is 10.3. The predicted molar refractivity (Wildman–Crippen MR) is 79.8 cm³/mol. The van der Waals surface area contributed by atoms with E-state index in [1.807, 2.05) is 6.92 Å². The molecule has 0 radical (unpaired) electrons. The lowest BCUT2D eigenvalue weighted by atomic mass is 10.2. The molecule has 0 N–H and O–H groups in total. The molecule has 0 saturated heterocycles. The third-order valence-electron chi connectivity index (χ3n) is 3.04. The molecule has 2 aromatic rings. The van der Waals surface area contributed by atoms with Crippen molar-refractivity contribution in [3.63, 3.8) is 0 Å². The van der Waals surface area contributed by atoms with Crippen molar-refractivity contribution in [2.45, 2.75) is 33.4 Å².